The molecule has 6 heteroatoms. The smallest absolute Gasteiger partial charge is 0.226 e. The van der Waals surface area contributed by atoms with E-state index < -0.39 is 0 Å². The van der Waals surface area contributed by atoms with Gasteiger partial charge in [-0.25, -0.2) is 4.98 Å². The summed E-state index contributed by atoms with van der Waals surface area (Å²) in [6.45, 7) is 2.41. The van der Waals surface area contributed by atoms with E-state index in [1.54, 1.807) is 0 Å². The molecule has 0 aliphatic heterocycles. The highest BCUT2D eigenvalue weighted by Gasteiger charge is 2.07. The molecule has 1 heterocycles. The summed E-state index contributed by atoms with van der Waals surface area (Å²) in [7, 11) is 0. The molecule has 0 aliphatic rings. The number of hydrogen-bond donors (Lipinski definition) is 1. The lowest BCUT2D eigenvalue weighted by atomic mass is 10.2. The van der Waals surface area contributed by atoms with Gasteiger partial charge in [0.1, 0.15) is 5.75 Å². The first-order chi connectivity index (χ1) is 11.6. The van der Waals surface area contributed by atoms with E-state index in [4.69, 9.17) is 16.3 Å². The molecule has 0 saturated heterocycles. The zero-order valence-electron chi connectivity index (χ0n) is 13.2. The number of anilines is 1. The highest BCUT2D eigenvalue weighted by Crippen LogP contribution is 2.25. The lowest BCUT2D eigenvalue weighted by Crippen LogP contribution is -2.12. The second-order valence-corrected chi connectivity index (χ2v) is 6.84. The number of benzene rings is 2. The standard InChI is InChI=1S/C18H17ClN2O2S/c1-12-11-13(8-9-14(12)19)23-10-4-7-17(22)21-18-20-15-5-2-3-6-16(15)24-18/h2-3,5-6,8-9,11H,4,7,10H2,1H3,(H,20,21,22). The van der Waals surface area contributed by atoms with Gasteiger partial charge in [0.05, 0.1) is 16.8 Å². The molecule has 0 spiro atoms. The number of ether oxygens (including phenoxy) is 1. The average molecular weight is 361 g/mol. The van der Waals surface area contributed by atoms with Crippen LogP contribution in [0, 0.1) is 6.92 Å². The van der Waals surface area contributed by atoms with E-state index in [9.17, 15) is 4.79 Å². The Bertz CT molecular complexity index is 830. The molecule has 0 bridgehead atoms. The summed E-state index contributed by atoms with van der Waals surface area (Å²) in [6.07, 6.45) is 1.03. The maximum Gasteiger partial charge on any atom is 0.226 e. The minimum atomic E-state index is -0.0510. The summed E-state index contributed by atoms with van der Waals surface area (Å²) in [5.74, 6) is 0.716. The molecule has 0 saturated carbocycles. The third-order valence-electron chi connectivity index (χ3n) is 3.49. The monoisotopic (exact) mass is 360 g/mol. The third kappa shape index (κ3) is 4.24. The van der Waals surface area contributed by atoms with E-state index in [0.29, 0.717) is 24.6 Å². The molecule has 0 radical (unpaired) electrons. The number of halogens is 1. The Kier molecular flexibility index (Phi) is 5.33. The van der Waals surface area contributed by atoms with Crippen LogP contribution in [0.15, 0.2) is 42.5 Å². The molecule has 1 N–H and O–H groups in total. The summed E-state index contributed by atoms with van der Waals surface area (Å²) in [4.78, 5) is 16.4. The quantitative estimate of drug-likeness (QED) is 0.625. The van der Waals surface area contributed by atoms with E-state index in [0.717, 1.165) is 26.6 Å². The van der Waals surface area contributed by atoms with Gasteiger partial charge >= 0.3 is 0 Å². The summed E-state index contributed by atoms with van der Waals surface area (Å²) in [5, 5.41) is 4.20. The van der Waals surface area contributed by atoms with Gasteiger partial charge in [-0.1, -0.05) is 35.1 Å². The highest BCUT2D eigenvalue weighted by molar-refractivity contribution is 7.22. The molecular weight excluding hydrogens is 344 g/mol. The SMILES string of the molecule is Cc1cc(OCCCC(=O)Nc2nc3ccccc3s2)ccc1Cl. The van der Waals surface area contributed by atoms with Crippen molar-refractivity contribution in [2.45, 2.75) is 19.8 Å². The second kappa shape index (κ2) is 7.64. The van der Waals surface area contributed by atoms with E-state index in [1.807, 2.05) is 49.4 Å². The van der Waals surface area contributed by atoms with Gasteiger partial charge in [0, 0.05) is 11.4 Å². The minimum absolute atomic E-state index is 0.0510. The normalized spacial score (nSPS) is 10.8. The number of nitrogens with zero attached hydrogens (tertiary/aromatic N) is 1. The molecule has 24 heavy (non-hydrogen) atoms. The van der Waals surface area contributed by atoms with Gasteiger partial charge in [-0.3, -0.25) is 4.79 Å². The van der Waals surface area contributed by atoms with Crippen molar-refractivity contribution in [1.29, 1.82) is 0 Å². The van der Waals surface area contributed by atoms with Gasteiger partial charge in [-0.2, -0.15) is 0 Å². The summed E-state index contributed by atoms with van der Waals surface area (Å²) >= 11 is 7.45. The van der Waals surface area contributed by atoms with Gasteiger partial charge in [-0.15, -0.1) is 0 Å². The van der Waals surface area contributed by atoms with E-state index >= 15 is 0 Å². The number of rotatable bonds is 6. The van der Waals surface area contributed by atoms with Gasteiger partial charge in [-0.05, 0) is 49.2 Å². The first-order valence-corrected chi connectivity index (χ1v) is 8.85. The van der Waals surface area contributed by atoms with Crippen molar-refractivity contribution in [2.24, 2.45) is 0 Å². The van der Waals surface area contributed by atoms with E-state index in [-0.39, 0.29) is 5.91 Å². The lowest BCUT2D eigenvalue weighted by molar-refractivity contribution is -0.116. The Morgan fingerprint density at radius 1 is 1.29 bits per heavy atom. The summed E-state index contributed by atoms with van der Waals surface area (Å²) < 4.78 is 6.70. The molecule has 0 unspecified atom stereocenters. The average Bonchev–Trinajstić information content (AvgIpc) is 2.97. The Balaban J connectivity index is 1.44. The Morgan fingerprint density at radius 3 is 2.92 bits per heavy atom. The predicted octanol–water partition coefficient (Wildman–Crippen LogP) is 5.06. The number of hydrogen-bond acceptors (Lipinski definition) is 4. The maximum atomic E-state index is 12.0. The van der Waals surface area contributed by atoms with E-state index in [1.165, 1.54) is 11.3 Å². The molecule has 2 aromatic carbocycles. The van der Waals surface area contributed by atoms with Crippen LogP contribution in [0.2, 0.25) is 5.02 Å². The van der Waals surface area contributed by atoms with Crippen LogP contribution in [-0.4, -0.2) is 17.5 Å². The van der Waals surface area contributed by atoms with Gasteiger partial charge in [0.15, 0.2) is 5.13 Å². The first-order valence-electron chi connectivity index (χ1n) is 7.66. The molecule has 124 valence electrons. The molecule has 1 amide bonds. The zero-order valence-corrected chi connectivity index (χ0v) is 14.8. The van der Waals surface area contributed by atoms with Crippen LogP contribution in [0.3, 0.4) is 0 Å². The van der Waals surface area contributed by atoms with Crippen LogP contribution >= 0.6 is 22.9 Å². The summed E-state index contributed by atoms with van der Waals surface area (Å²) in [5.41, 5.74) is 1.88. The Labute approximate surface area is 149 Å². The second-order valence-electron chi connectivity index (χ2n) is 5.40. The minimum Gasteiger partial charge on any atom is -0.494 e. The number of aromatic nitrogens is 1. The fourth-order valence-electron chi connectivity index (χ4n) is 2.24. The van der Waals surface area contributed by atoms with Crippen molar-refractivity contribution in [2.75, 3.05) is 11.9 Å². The first kappa shape index (κ1) is 16.7. The molecule has 3 rings (SSSR count). The van der Waals surface area contributed by atoms with Gasteiger partial charge in [0.2, 0.25) is 5.91 Å². The number of para-hydroxylation sites is 1. The van der Waals surface area contributed by atoms with Gasteiger partial charge < -0.3 is 10.1 Å². The van der Waals surface area contributed by atoms with Crippen LogP contribution in [-0.2, 0) is 4.79 Å². The van der Waals surface area contributed by atoms with E-state index in [2.05, 4.69) is 10.3 Å². The number of aryl methyl sites for hydroxylation is 1. The van der Waals surface area contributed by atoms with Gasteiger partial charge in [0.25, 0.3) is 0 Å². The van der Waals surface area contributed by atoms with Crippen LogP contribution in [0.4, 0.5) is 5.13 Å². The maximum absolute atomic E-state index is 12.0. The lowest BCUT2D eigenvalue weighted by Gasteiger charge is -2.07. The van der Waals surface area contributed by atoms with Crippen molar-refractivity contribution < 1.29 is 9.53 Å². The molecule has 0 atom stereocenters. The molecule has 0 fully saturated rings. The van der Waals surface area contributed by atoms with Crippen molar-refractivity contribution in [3.05, 3.63) is 53.1 Å². The molecular formula is C18H17ClN2O2S. The number of carbonyl (C=O) groups is 1. The number of fused-ring (bicyclic) bond motifs is 1. The molecule has 4 nitrogen and oxygen atoms in total. The number of thiazole rings is 1. The fourth-order valence-corrected chi connectivity index (χ4v) is 3.24. The molecule has 3 aromatic rings. The predicted molar refractivity (Wildman–Crippen MR) is 99.2 cm³/mol. The molecule has 0 aliphatic carbocycles. The van der Waals surface area contributed by atoms with Crippen molar-refractivity contribution in [3.63, 3.8) is 0 Å². The molecule has 1 aromatic heterocycles. The van der Waals surface area contributed by atoms with Crippen LogP contribution in [0.25, 0.3) is 10.2 Å². The van der Waals surface area contributed by atoms with Crippen LogP contribution in [0.1, 0.15) is 18.4 Å². The van der Waals surface area contributed by atoms with Crippen molar-refractivity contribution >= 4 is 44.2 Å². The Hall–Kier alpha value is -2.11. The fraction of sp³-hybridized carbons (Fsp3) is 0.222. The topological polar surface area (TPSA) is 51.2 Å². The number of nitrogens with one attached hydrogen (secondary N) is 1. The largest absolute Gasteiger partial charge is 0.494 e. The van der Waals surface area contributed by atoms with Crippen LogP contribution in [0.5, 0.6) is 5.75 Å². The van der Waals surface area contributed by atoms with Crippen molar-refractivity contribution in [3.8, 4) is 5.75 Å². The summed E-state index contributed by atoms with van der Waals surface area (Å²) in [6, 6.07) is 13.4. The zero-order chi connectivity index (χ0) is 16.9. The van der Waals surface area contributed by atoms with Crippen molar-refractivity contribution in [1.82, 2.24) is 4.98 Å². The third-order valence-corrected chi connectivity index (χ3v) is 4.86. The van der Waals surface area contributed by atoms with Crippen LogP contribution < -0.4 is 10.1 Å². The number of carbonyl (C=O) groups excluding carboxylic acids is 1. The number of amides is 1. The Morgan fingerprint density at radius 2 is 2.12 bits per heavy atom. The highest BCUT2D eigenvalue weighted by atomic mass is 35.5.